The van der Waals surface area contributed by atoms with Crippen LogP contribution >= 0.6 is 0 Å². The van der Waals surface area contributed by atoms with Gasteiger partial charge in [0.1, 0.15) is 5.82 Å². The van der Waals surface area contributed by atoms with Crippen molar-refractivity contribution in [1.29, 1.82) is 0 Å². The molecule has 0 saturated carbocycles. The van der Waals surface area contributed by atoms with Gasteiger partial charge in [-0.15, -0.1) is 0 Å². The molecule has 2 aromatic carbocycles. The number of para-hydroxylation sites is 1. The predicted molar refractivity (Wildman–Crippen MR) is 87.9 cm³/mol. The second-order valence-electron chi connectivity index (χ2n) is 5.52. The Balaban J connectivity index is 2.57. The van der Waals surface area contributed by atoms with Crippen molar-refractivity contribution >= 4 is 11.4 Å². The van der Waals surface area contributed by atoms with E-state index in [4.69, 9.17) is 0 Å². The third kappa shape index (κ3) is 3.08. The Labute approximate surface area is 126 Å². The van der Waals surface area contributed by atoms with E-state index in [2.05, 4.69) is 29.3 Å². The van der Waals surface area contributed by atoms with Crippen molar-refractivity contribution in [2.75, 3.05) is 19.0 Å². The van der Waals surface area contributed by atoms with Gasteiger partial charge in [-0.3, -0.25) is 0 Å². The van der Waals surface area contributed by atoms with Crippen LogP contribution in [0.5, 0.6) is 0 Å². The summed E-state index contributed by atoms with van der Waals surface area (Å²) in [6, 6.07) is 11.9. The highest BCUT2D eigenvalue weighted by Crippen LogP contribution is 2.34. The van der Waals surface area contributed by atoms with Crippen LogP contribution in [0.2, 0.25) is 0 Å². The summed E-state index contributed by atoms with van der Waals surface area (Å²) in [4.78, 5) is 2.13. The fourth-order valence-electron chi connectivity index (χ4n) is 2.54. The molecule has 21 heavy (non-hydrogen) atoms. The van der Waals surface area contributed by atoms with Crippen LogP contribution < -0.4 is 10.2 Å². The zero-order chi connectivity index (χ0) is 15.6. The monoisotopic (exact) mass is 286 g/mol. The summed E-state index contributed by atoms with van der Waals surface area (Å²) >= 11 is 0. The Morgan fingerprint density at radius 3 is 2.33 bits per heavy atom. The van der Waals surface area contributed by atoms with E-state index in [1.807, 2.05) is 39.2 Å². The largest absolute Gasteiger partial charge is 0.344 e. The lowest BCUT2D eigenvalue weighted by atomic mass is 10.0. The van der Waals surface area contributed by atoms with Crippen LogP contribution in [0, 0.1) is 19.7 Å². The molecule has 0 fully saturated rings. The summed E-state index contributed by atoms with van der Waals surface area (Å²) in [5, 5.41) is 3.20. The van der Waals surface area contributed by atoms with E-state index in [0.29, 0.717) is 5.56 Å². The molecule has 1 N–H and O–H groups in total. The quantitative estimate of drug-likeness (QED) is 0.890. The standard InChI is InChI=1S/C18H23FN2/c1-12-8-6-7-9-17(12)21(5)18-10-13(2)16(19)11-15(18)14(3)20-4/h6-11,14,20H,1-5H3. The molecule has 0 amide bonds. The second kappa shape index (κ2) is 6.27. The highest BCUT2D eigenvalue weighted by molar-refractivity contribution is 5.69. The minimum absolute atomic E-state index is 0.0848. The van der Waals surface area contributed by atoms with Gasteiger partial charge in [0.25, 0.3) is 0 Å². The minimum atomic E-state index is -0.158. The maximum absolute atomic E-state index is 14.0. The summed E-state index contributed by atoms with van der Waals surface area (Å²) in [5.74, 6) is -0.158. The average Bonchev–Trinajstić information content (AvgIpc) is 2.48. The highest BCUT2D eigenvalue weighted by Gasteiger charge is 2.17. The van der Waals surface area contributed by atoms with E-state index >= 15 is 0 Å². The van der Waals surface area contributed by atoms with Gasteiger partial charge < -0.3 is 10.2 Å². The molecule has 0 bridgehead atoms. The van der Waals surface area contributed by atoms with E-state index < -0.39 is 0 Å². The first-order valence-corrected chi connectivity index (χ1v) is 7.22. The minimum Gasteiger partial charge on any atom is -0.344 e. The molecular formula is C18H23FN2. The van der Waals surface area contributed by atoms with E-state index in [0.717, 1.165) is 16.9 Å². The molecule has 2 aromatic rings. The molecule has 0 heterocycles. The molecule has 0 aliphatic carbocycles. The van der Waals surface area contributed by atoms with Crippen molar-refractivity contribution in [3.63, 3.8) is 0 Å². The summed E-state index contributed by atoms with van der Waals surface area (Å²) in [7, 11) is 3.92. The second-order valence-corrected chi connectivity index (χ2v) is 5.52. The maximum atomic E-state index is 14.0. The van der Waals surface area contributed by atoms with Gasteiger partial charge in [0.05, 0.1) is 0 Å². The molecule has 0 aliphatic heterocycles. The number of halogens is 1. The topological polar surface area (TPSA) is 15.3 Å². The first kappa shape index (κ1) is 15.5. The molecule has 1 unspecified atom stereocenters. The number of hydrogen-bond acceptors (Lipinski definition) is 2. The van der Waals surface area contributed by atoms with Crippen LogP contribution in [0.1, 0.15) is 29.7 Å². The third-order valence-electron chi connectivity index (χ3n) is 4.05. The van der Waals surface area contributed by atoms with E-state index in [1.54, 1.807) is 13.0 Å². The molecule has 2 nitrogen and oxygen atoms in total. The normalized spacial score (nSPS) is 12.3. The van der Waals surface area contributed by atoms with Crippen molar-refractivity contribution in [1.82, 2.24) is 5.32 Å². The molecule has 3 heteroatoms. The Hall–Kier alpha value is -1.87. The first-order chi connectivity index (χ1) is 9.95. The molecule has 112 valence electrons. The molecule has 0 spiro atoms. The summed E-state index contributed by atoms with van der Waals surface area (Å²) in [6.45, 7) is 5.93. The van der Waals surface area contributed by atoms with Gasteiger partial charge in [0, 0.05) is 24.5 Å². The van der Waals surface area contributed by atoms with Crippen LogP contribution in [0.4, 0.5) is 15.8 Å². The van der Waals surface area contributed by atoms with Crippen molar-refractivity contribution in [3.8, 4) is 0 Å². The number of nitrogens with zero attached hydrogens (tertiary/aromatic N) is 1. The van der Waals surface area contributed by atoms with Crippen LogP contribution in [0.25, 0.3) is 0 Å². The molecular weight excluding hydrogens is 263 g/mol. The number of anilines is 2. The van der Waals surface area contributed by atoms with E-state index in [1.165, 1.54) is 5.56 Å². The summed E-state index contributed by atoms with van der Waals surface area (Å²) < 4.78 is 14.0. The van der Waals surface area contributed by atoms with Crippen molar-refractivity contribution in [2.45, 2.75) is 26.8 Å². The first-order valence-electron chi connectivity index (χ1n) is 7.22. The van der Waals surface area contributed by atoms with Gasteiger partial charge in [0.15, 0.2) is 0 Å². The Morgan fingerprint density at radius 2 is 1.71 bits per heavy atom. The number of hydrogen-bond donors (Lipinski definition) is 1. The lowest BCUT2D eigenvalue weighted by Gasteiger charge is -2.27. The van der Waals surface area contributed by atoms with Crippen LogP contribution in [0.3, 0.4) is 0 Å². The predicted octanol–water partition coefficient (Wildman–Crippen LogP) is 4.49. The van der Waals surface area contributed by atoms with Crippen molar-refractivity contribution in [2.24, 2.45) is 0 Å². The Morgan fingerprint density at radius 1 is 1.05 bits per heavy atom. The Bertz CT molecular complexity index is 637. The fourth-order valence-corrected chi connectivity index (χ4v) is 2.54. The molecule has 1 atom stereocenters. The average molecular weight is 286 g/mol. The smallest absolute Gasteiger partial charge is 0.126 e. The lowest BCUT2D eigenvalue weighted by molar-refractivity contribution is 0.601. The third-order valence-corrected chi connectivity index (χ3v) is 4.05. The molecule has 0 radical (unpaired) electrons. The van der Waals surface area contributed by atoms with E-state index in [-0.39, 0.29) is 11.9 Å². The number of rotatable bonds is 4. The van der Waals surface area contributed by atoms with Gasteiger partial charge in [-0.05, 0) is 62.7 Å². The SMILES string of the molecule is CNC(C)c1cc(F)c(C)cc1N(C)c1ccccc1C. The van der Waals surface area contributed by atoms with Crippen molar-refractivity contribution in [3.05, 3.63) is 58.9 Å². The summed E-state index contributed by atoms with van der Waals surface area (Å²) in [6.07, 6.45) is 0. The molecule has 0 aliphatic rings. The molecule has 0 aromatic heterocycles. The fraction of sp³-hybridized carbons (Fsp3) is 0.333. The molecule has 2 rings (SSSR count). The van der Waals surface area contributed by atoms with Crippen LogP contribution in [0.15, 0.2) is 36.4 Å². The van der Waals surface area contributed by atoms with E-state index in [9.17, 15) is 4.39 Å². The number of benzene rings is 2. The van der Waals surface area contributed by atoms with Gasteiger partial charge >= 0.3 is 0 Å². The Kier molecular flexibility index (Phi) is 4.63. The lowest BCUT2D eigenvalue weighted by Crippen LogP contribution is -2.19. The summed E-state index contributed by atoms with van der Waals surface area (Å²) in [5.41, 5.74) is 4.99. The zero-order valence-corrected chi connectivity index (χ0v) is 13.4. The number of nitrogens with one attached hydrogen (secondary N) is 1. The van der Waals surface area contributed by atoms with Gasteiger partial charge in [0.2, 0.25) is 0 Å². The number of aryl methyl sites for hydroxylation is 2. The highest BCUT2D eigenvalue weighted by atomic mass is 19.1. The van der Waals surface area contributed by atoms with Gasteiger partial charge in [-0.1, -0.05) is 18.2 Å². The van der Waals surface area contributed by atoms with Crippen molar-refractivity contribution < 1.29 is 4.39 Å². The molecule has 0 saturated heterocycles. The maximum Gasteiger partial charge on any atom is 0.126 e. The van der Waals surface area contributed by atoms with Crippen LogP contribution in [-0.4, -0.2) is 14.1 Å². The van der Waals surface area contributed by atoms with Gasteiger partial charge in [-0.25, -0.2) is 4.39 Å². The van der Waals surface area contributed by atoms with Crippen LogP contribution in [-0.2, 0) is 0 Å². The zero-order valence-electron chi connectivity index (χ0n) is 13.4. The van der Waals surface area contributed by atoms with Gasteiger partial charge in [-0.2, -0.15) is 0 Å².